The fourth-order valence-corrected chi connectivity index (χ4v) is 3.71. The van der Waals surface area contributed by atoms with Crippen LogP contribution in [0.4, 0.5) is 0 Å². The molecule has 0 atom stereocenters. The fourth-order valence-electron chi connectivity index (χ4n) is 2.60. The van der Waals surface area contributed by atoms with Gasteiger partial charge in [-0.15, -0.1) is 0 Å². The first kappa shape index (κ1) is 17.9. The molecular weight excluding hydrogens is 308 g/mol. The molecule has 2 aromatic carbocycles. The van der Waals surface area contributed by atoms with Gasteiger partial charge in [0, 0.05) is 6.54 Å². The Morgan fingerprint density at radius 1 is 0.826 bits per heavy atom. The summed E-state index contributed by atoms with van der Waals surface area (Å²) in [5.41, 5.74) is 5.45. The molecule has 23 heavy (non-hydrogen) atoms. The third kappa shape index (κ3) is 5.61. The Bertz CT molecular complexity index is 714. The first-order valence-corrected chi connectivity index (χ1v) is 9.80. The monoisotopic (exact) mass is 334 g/mol. The molecule has 0 fully saturated rings. The second-order valence-corrected chi connectivity index (χ2v) is 7.58. The van der Waals surface area contributed by atoms with Gasteiger partial charge in [0.1, 0.15) is 0 Å². The van der Waals surface area contributed by atoms with Gasteiger partial charge in [-0.05, 0) is 42.3 Å². The van der Waals surface area contributed by atoms with Crippen LogP contribution in [0.25, 0.3) is 10.8 Å². The van der Waals surface area contributed by atoms with Crippen molar-refractivity contribution in [1.82, 2.24) is 4.72 Å². The van der Waals surface area contributed by atoms with Crippen LogP contribution < -0.4 is 10.5 Å². The molecule has 2 rings (SSSR count). The van der Waals surface area contributed by atoms with Crippen molar-refractivity contribution in [2.24, 2.45) is 5.73 Å². The Hall–Kier alpha value is -1.43. The molecule has 0 radical (unpaired) electrons. The van der Waals surface area contributed by atoms with Gasteiger partial charge in [0.25, 0.3) is 0 Å². The van der Waals surface area contributed by atoms with E-state index in [1.54, 1.807) is 12.1 Å². The highest BCUT2D eigenvalue weighted by atomic mass is 32.2. The maximum Gasteiger partial charge on any atom is 0.240 e. The molecule has 4 nitrogen and oxygen atoms in total. The van der Waals surface area contributed by atoms with Gasteiger partial charge in [0.05, 0.1) is 4.90 Å². The van der Waals surface area contributed by atoms with E-state index in [-0.39, 0.29) is 0 Å². The molecule has 0 aliphatic rings. The number of sulfonamides is 1. The summed E-state index contributed by atoms with van der Waals surface area (Å²) in [6.07, 6.45) is 6.47. The van der Waals surface area contributed by atoms with Crippen LogP contribution in [0.15, 0.2) is 47.4 Å². The molecule has 0 saturated heterocycles. The molecule has 0 saturated carbocycles. The highest BCUT2D eigenvalue weighted by molar-refractivity contribution is 7.89. The van der Waals surface area contributed by atoms with Gasteiger partial charge in [0.15, 0.2) is 0 Å². The van der Waals surface area contributed by atoms with Crippen LogP contribution in [0.3, 0.4) is 0 Å². The summed E-state index contributed by atoms with van der Waals surface area (Å²) >= 11 is 0. The molecule has 0 heterocycles. The zero-order valence-electron chi connectivity index (χ0n) is 13.5. The fraction of sp³-hybridized carbons (Fsp3) is 0.444. The number of rotatable bonds is 10. The minimum atomic E-state index is -3.42. The molecule has 5 heteroatoms. The minimum absolute atomic E-state index is 0.333. The van der Waals surface area contributed by atoms with Crippen molar-refractivity contribution >= 4 is 20.8 Å². The van der Waals surface area contributed by atoms with Gasteiger partial charge in [-0.3, -0.25) is 0 Å². The standard InChI is InChI=1S/C18H26N2O2S/c19-13-7-3-1-2-4-8-14-20-23(21,22)18-12-11-16-9-5-6-10-17(16)15-18/h5-6,9-12,15,20H,1-4,7-8,13-14,19H2. The molecule has 0 amide bonds. The van der Waals surface area contributed by atoms with Crippen molar-refractivity contribution in [3.05, 3.63) is 42.5 Å². The number of fused-ring (bicyclic) bond motifs is 1. The Balaban J connectivity index is 1.81. The second-order valence-electron chi connectivity index (χ2n) is 5.82. The first-order valence-electron chi connectivity index (χ1n) is 8.32. The van der Waals surface area contributed by atoms with Crippen LogP contribution in [-0.2, 0) is 10.0 Å². The maximum atomic E-state index is 12.3. The predicted molar refractivity (Wildman–Crippen MR) is 95.9 cm³/mol. The summed E-state index contributed by atoms with van der Waals surface area (Å²) < 4.78 is 27.3. The first-order chi connectivity index (χ1) is 11.1. The van der Waals surface area contributed by atoms with Gasteiger partial charge in [-0.25, -0.2) is 13.1 Å². The summed E-state index contributed by atoms with van der Waals surface area (Å²) in [6, 6.07) is 13.0. The molecule has 0 spiro atoms. The predicted octanol–water partition coefficient (Wildman–Crippen LogP) is 3.42. The summed E-state index contributed by atoms with van der Waals surface area (Å²) in [6.45, 7) is 1.25. The summed E-state index contributed by atoms with van der Waals surface area (Å²) in [5, 5.41) is 1.99. The summed E-state index contributed by atoms with van der Waals surface area (Å²) in [5.74, 6) is 0. The molecule has 0 aliphatic heterocycles. The van der Waals surface area contributed by atoms with E-state index in [0.29, 0.717) is 11.4 Å². The van der Waals surface area contributed by atoms with E-state index in [0.717, 1.165) is 43.0 Å². The van der Waals surface area contributed by atoms with E-state index in [1.807, 2.05) is 30.3 Å². The summed E-state index contributed by atoms with van der Waals surface area (Å²) in [7, 11) is -3.42. The van der Waals surface area contributed by atoms with Crippen molar-refractivity contribution in [1.29, 1.82) is 0 Å². The van der Waals surface area contributed by atoms with E-state index in [9.17, 15) is 8.42 Å². The average Bonchev–Trinajstić information content (AvgIpc) is 2.57. The number of nitrogens with two attached hydrogens (primary N) is 1. The van der Waals surface area contributed by atoms with E-state index >= 15 is 0 Å². The van der Waals surface area contributed by atoms with Gasteiger partial charge in [-0.2, -0.15) is 0 Å². The Labute approximate surface area is 139 Å². The molecule has 0 bridgehead atoms. The Morgan fingerprint density at radius 3 is 2.22 bits per heavy atom. The smallest absolute Gasteiger partial charge is 0.240 e. The number of unbranched alkanes of at least 4 members (excludes halogenated alkanes) is 5. The third-order valence-corrected chi connectivity index (χ3v) is 5.41. The quantitative estimate of drug-likeness (QED) is 0.654. The lowest BCUT2D eigenvalue weighted by molar-refractivity contribution is 0.566. The van der Waals surface area contributed by atoms with Gasteiger partial charge < -0.3 is 5.73 Å². The number of hydrogen-bond donors (Lipinski definition) is 2. The number of benzene rings is 2. The molecule has 0 unspecified atom stereocenters. The Kier molecular flexibility index (Phi) is 7.02. The van der Waals surface area contributed by atoms with Crippen molar-refractivity contribution in [3.63, 3.8) is 0 Å². The van der Waals surface area contributed by atoms with E-state index in [1.165, 1.54) is 12.8 Å². The molecule has 0 aliphatic carbocycles. The summed E-state index contributed by atoms with van der Waals surface area (Å²) in [4.78, 5) is 0.333. The van der Waals surface area contributed by atoms with Crippen molar-refractivity contribution < 1.29 is 8.42 Å². The number of nitrogens with one attached hydrogen (secondary N) is 1. The normalized spacial score (nSPS) is 11.9. The topological polar surface area (TPSA) is 72.2 Å². The van der Waals surface area contributed by atoms with Crippen LogP contribution in [0.2, 0.25) is 0 Å². The van der Waals surface area contributed by atoms with E-state index in [4.69, 9.17) is 5.73 Å². The lowest BCUT2D eigenvalue weighted by Gasteiger charge is -2.08. The average molecular weight is 334 g/mol. The highest BCUT2D eigenvalue weighted by Gasteiger charge is 2.13. The van der Waals surface area contributed by atoms with Crippen LogP contribution >= 0.6 is 0 Å². The molecule has 0 aromatic heterocycles. The van der Waals surface area contributed by atoms with Crippen molar-refractivity contribution in [3.8, 4) is 0 Å². The number of hydrogen-bond acceptors (Lipinski definition) is 3. The van der Waals surface area contributed by atoms with Gasteiger partial charge >= 0.3 is 0 Å². The van der Waals surface area contributed by atoms with Crippen molar-refractivity contribution in [2.75, 3.05) is 13.1 Å². The molecule has 3 N–H and O–H groups in total. The zero-order valence-corrected chi connectivity index (χ0v) is 14.3. The third-order valence-electron chi connectivity index (χ3n) is 3.95. The minimum Gasteiger partial charge on any atom is -0.330 e. The lowest BCUT2D eigenvalue weighted by atomic mass is 10.1. The SMILES string of the molecule is NCCCCCCCCNS(=O)(=O)c1ccc2ccccc2c1. The van der Waals surface area contributed by atoms with Gasteiger partial charge in [0.2, 0.25) is 10.0 Å². The molecular formula is C18H26N2O2S. The highest BCUT2D eigenvalue weighted by Crippen LogP contribution is 2.18. The van der Waals surface area contributed by atoms with Crippen molar-refractivity contribution in [2.45, 2.75) is 43.4 Å². The molecule has 2 aromatic rings. The van der Waals surface area contributed by atoms with Crippen LogP contribution in [0.1, 0.15) is 38.5 Å². The second kappa shape index (κ2) is 9.01. The van der Waals surface area contributed by atoms with E-state index < -0.39 is 10.0 Å². The van der Waals surface area contributed by atoms with Gasteiger partial charge in [-0.1, -0.05) is 56.0 Å². The van der Waals surface area contributed by atoms with Crippen LogP contribution in [0.5, 0.6) is 0 Å². The van der Waals surface area contributed by atoms with Crippen LogP contribution in [0, 0.1) is 0 Å². The largest absolute Gasteiger partial charge is 0.330 e. The molecule has 126 valence electrons. The maximum absolute atomic E-state index is 12.3. The Morgan fingerprint density at radius 2 is 1.48 bits per heavy atom. The van der Waals surface area contributed by atoms with Crippen LogP contribution in [-0.4, -0.2) is 21.5 Å². The van der Waals surface area contributed by atoms with E-state index in [2.05, 4.69) is 4.72 Å². The zero-order chi connectivity index (χ0) is 16.5. The lowest BCUT2D eigenvalue weighted by Crippen LogP contribution is -2.24.